The molecule has 2 aliphatic heterocycles. The molecule has 78 valence electrons. The van der Waals surface area contributed by atoms with E-state index >= 15 is 0 Å². The van der Waals surface area contributed by atoms with Gasteiger partial charge < -0.3 is 10.1 Å². The van der Waals surface area contributed by atoms with Crippen molar-refractivity contribution in [1.29, 1.82) is 0 Å². The van der Waals surface area contributed by atoms with Crippen LogP contribution in [0.3, 0.4) is 0 Å². The topological polar surface area (TPSA) is 24.5 Å². The van der Waals surface area contributed by atoms with E-state index in [1.807, 2.05) is 0 Å². The SMILES string of the molecule is C1CNC(CN2CCOCC2)C1.Cl. The average molecular weight is 207 g/mol. The highest BCUT2D eigenvalue weighted by Crippen LogP contribution is 2.07. The first kappa shape index (κ1) is 11.2. The van der Waals surface area contributed by atoms with Crippen LogP contribution >= 0.6 is 12.4 Å². The van der Waals surface area contributed by atoms with E-state index in [1.165, 1.54) is 25.9 Å². The highest BCUT2D eigenvalue weighted by Gasteiger charge is 2.18. The Morgan fingerprint density at radius 2 is 2.08 bits per heavy atom. The van der Waals surface area contributed by atoms with Gasteiger partial charge >= 0.3 is 0 Å². The summed E-state index contributed by atoms with van der Waals surface area (Å²) in [6.07, 6.45) is 2.71. The van der Waals surface area contributed by atoms with Crippen molar-refractivity contribution in [2.45, 2.75) is 18.9 Å². The third kappa shape index (κ3) is 3.43. The van der Waals surface area contributed by atoms with Crippen molar-refractivity contribution >= 4 is 12.4 Å². The standard InChI is InChI=1S/C9H18N2O.ClH/c1-2-9(10-3-1)8-11-4-6-12-7-5-11;/h9-10H,1-8H2;1H. The minimum atomic E-state index is 0. The molecule has 0 amide bonds. The van der Waals surface area contributed by atoms with Crippen LogP contribution in [0, 0.1) is 0 Å². The molecule has 0 saturated carbocycles. The number of hydrogen-bond donors (Lipinski definition) is 1. The average Bonchev–Trinajstić information content (AvgIpc) is 2.59. The second-order valence-corrected chi connectivity index (χ2v) is 3.71. The van der Waals surface area contributed by atoms with E-state index < -0.39 is 0 Å². The van der Waals surface area contributed by atoms with E-state index in [9.17, 15) is 0 Å². The number of rotatable bonds is 2. The van der Waals surface area contributed by atoms with Gasteiger partial charge in [-0.25, -0.2) is 0 Å². The lowest BCUT2D eigenvalue weighted by molar-refractivity contribution is 0.0344. The molecule has 2 rings (SSSR count). The highest BCUT2D eigenvalue weighted by molar-refractivity contribution is 5.85. The first-order valence-corrected chi connectivity index (χ1v) is 4.98. The zero-order valence-electron chi connectivity index (χ0n) is 8.00. The molecule has 0 aliphatic carbocycles. The van der Waals surface area contributed by atoms with Gasteiger partial charge in [0.1, 0.15) is 0 Å². The van der Waals surface area contributed by atoms with Gasteiger partial charge in [0.05, 0.1) is 13.2 Å². The van der Waals surface area contributed by atoms with E-state index in [1.54, 1.807) is 0 Å². The second-order valence-electron chi connectivity index (χ2n) is 3.71. The van der Waals surface area contributed by atoms with Crippen LogP contribution in [0.25, 0.3) is 0 Å². The molecule has 0 radical (unpaired) electrons. The maximum atomic E-state index is 5.30. The van der Waals surface area contributed by atoms with Gasteiger partial charge in [0.15, 0.2) is 0 Å². The third-order valence-corrected chi connectivity index (χ3v) is 2.74. The number of hydrogen-bond acceptors (Lipinski definition) is 3. The number of ether oxygens (including phenoxy) is 1. The molecular weight excluding hydrogens is 188 g/mol. The van der Waals surface area contributed by atoms with Gasteiger partial charge in [-0.15, -0.1) is 12.4 Å². The van der Waals surface area contributed by atoms with E-state index in [-0.39, 0.29) is 12.4 Å². The summed E-state index contributed by atoms with van der Waals surface area (Å²) in [4.78, 5) is 2.51. The summed E-state index contributed by atoms with van der Waals surface area (Å²) in [5.41, 5.74) is 0. The molecule has 2 heterocycles. The van der Waals surface area contributed by atoms with Gasteiger partial charge in [-0.05, 0) is 19.4 Å². The van der Waals surface area contributed by atoms with E-state index in [4.69, 9.17) is 4.74 Å². The zero-order valence-corrected chi connectivity index (χ0v) is 8.81. The molecule has 2 aliphatic rings. The van der Waals surface area contributed by atoms with Crippen LogP contribution in [0.2, 0.25) is 0 Å². The van der Waals surface area contributed by atoms with Crippen molar-refractivity contribution in [1.82, 2.24) is 10.2 Å². The van der Waals surface area contributed by atoms with E-state index in [2.05, 4.69) is 10.2 Å². The summed E-state index contributed by atoms with van der Waals surface area (Å²) < 4.78 is 5.30. The maximum Gasteiger partial charge on any atom is 0.0594 e. The van der Waals surface area contributed by atoms with Gasteiger partial charge in [0.2, 0.25) is 0 Å². The minimum absolute atomic E-state index is 0. The zero-order chi connectivity index (χ0) is 8.23. The first-order valence-electron chi connectivity index (χ1n) is 4.98. The number of morpholine rings is 1. The van der Waals surface area contributed by atoms with Crippen LogP contribution in [-0.4, -0.2) is 50.3 Å². The number of nitrogens with one attached hydrogen (secondary N) is 1. The molecule has 0 spiro atoms. The Kier molecular flexibility index (Phi) is 5.02. The van der Waals surface area contributed by atoms with Crippen molar-refractivity contribution in [2.24, 2.45) is 0 Å². The Bertz CT molecular complexity index is 134. The van der Waals surface area contributed by atoms with Gasteiger partial charge in [0.25, 0.3) is 0 Å². The summed E-state index contributed by atoms with van der Waals surface area (Å²) in [5, 5.41) is 3.52. The van der Waals surface area contributed by atoms with Crippen LogP contribution in [0.4, 0.5) is 0 Å². The molecule has 0 aromatic heterocycles. The van der Waals surface area contributed by atoms with Crippen LogP contribution in [-0.2, 0) is 4.74 Å². The van der Waals surface area contributed by atoms with Crippen molar-refractivity contribution in [2.75, 3.05) is 39.4 Å². The van der Waals surface area contributed by atoms with Gasteiger partial charge in [-0.3, -0.25) is 4.90 Å². The highest BCUT2D eigenvalue weighted by atomic mass is 35.5. The van der Waals surface area contributed by atoms with E-state index in [0.29, 0.717) is 0 Å². The lowest BCUT2D eigenvalue weighted by atomic mass is 10.2. The van der Waals surface area contributed by atoms with E-state index in [0.717, 1.165) is 32.3 Å². The molecule has 1 N–H and O–H groups in total. The fourth-order valence-electron chi connectivity index (χ4n) is 2.01. The molecule has 2 saturated heterocycles. The summed E-state index contributed by atoms with van der Waals surface area (Å²) in [6, 6.07) is 0.753. The lowest BCUT2D eigenvalue weighted by Gasteiger charge is -2.28. The predicted octanol–water partition coefficient (Wildman–Crippen LogP) is 0.492. The molecular formula is C9H19ClN2O. The molecule has 0 aromatic carbocycles. The Morgan fingerprint density at radius 3 is 2.69 bits per heavy atom. The minimum Gasteiger partial charge on any atom is -0.379 e. The summed E-state index contributed by atoms with van der Waals surface area (Å²) in [5.74, 6) is 0. The second kappa shape index (κ2) is 5.81. The van der Waals surface area contributed by atoms with Crippen molar-refractivity contribution in [3.8, 4) is 0 Å². The fraction of sp³-hybridized carbons (Fsp3) is 1.00. The Hall–Kier alpha value is 0.170. The summed E-state index contributed by atoms with van der Waals surface area (Å²) >= 11 is 0. The van der Waals surface area contributed by atoms with Crippen LogP contribution in [0.15, 0.2) is 0 Å². The number of nitrogens with zero attached hydrogens (tertiary/aromatic N) is 1. The van der Waals surface area contributed by atoms with Gasteiger partial charge in [-0.2, -0.15) is 0 Å². The normalized spacial score (nSPS) is 30.0. The first-order chi connectivity index (χ1) is 5.95. The largest absolute Gasteiger partial charge is 0.379 e. The van der Waals surface area contributed by atoms with Crippen LogP contribution in [0.5, 0.6) is 0 Å². The lowest BCUT2D eigenvalue weighted by Crippen LogP contribution is -2.43. The fourth-order valence-corrected chi connectivity index (χ4v) is 2.01. The molecule has 0 aromatic rings. The van der Waals surface area contributed by atoms with Crippen molar-refractivity contribution < 1.29 is 4.74 Å². The maximum absolute atomic E-state index is 5.30. The monoisotopic (exact) mass is 206 g/mol. The van der Waals surface area contributed by atoms with Crippen LogP contribution < -0.4 is 5.32 Å². The summed E-state index contributed by atoms with van der Waals surface area (Å²) in [7, 11) is 0. The molecule has 0 bridgehead atoms. The smallest absolute Gasteiger partial charge is 0.0594 e. The molecule has 13 heavy (non-hydrogen) atoms. The molecule has 1 atom stereocenters. The molecule has 3 nitrogen and oxygen atoms in total. The summed E-state index contributed by atoms with van der Waals surface area (Å²) in [6.45, 7) is 6.54. The van der Waals surface area contributed by atoms with Gasteiger partial charge in [-0.1, -0.05) is 0 Å². The predicted molar refractivity (Wildman–Crippen MR) is 55.5 cm³/mol. The Labute approximate surface area is 86.2 Å². The van der Waals surface area contributed by atoms with Gasteiger partial charge in [0, 0.05) is 25.7 Å². The molecule has 4 heteroatoms. The number of halogens is 1. The quantitative estimate of drug-likeness (QED) is 0.712. The van der Waals surface area contributed by atoms with Crippen LogP contribution in [0.1, 0.15) is 12.8 Å². The Balaban J connectivity index is 0.000000845. The van der Waals surface area contributed by atoms with Crippen molar-refractivity contribution in [3.63, 3.8) is 0 Å². The molecule has 1 unspecified atom stereocenters. The Morgan fingerprint density at radius 1 is 1.31 bits per heavy atom. The third-order valence-electron chi connectivity index (χ3n) is 2.74. The van der Waals surface area contributed by atoms with Crippen molar-refractivity contribution in [3.05, 3.63) is 0 Å². The molecule has 2 fully saturated rings.